The van der Waals surface area contributed by atoms with E-state index in [1.54, 1.807) is 24.9 Å². The maximum atomic E-state index is 5.48. The lowest BCUT2D eigenvalue weighted by atomic mass is 10.2. The number of imidazole rings is 1. The molecule has 9 heteroatoms. The van der Waals surface area contributed by atoms with Crippen molar-refractivity contribution >= 4 is 29.1 Å². The van der Waals surface area contributed by atoms with E-state index < -0.39 is 0 Å². The lowest BCUT2D eigenvalue weighted by molar-refractivity contribution is 0.122. The lowest BCUT2D eigenvalue weighted by Gasteiger charge is -2.27. The molecule has 0 aliphatic carbocycles. The van der Waals surface area contributed by atoms with Crippen LogP contribution in [0.5, 0.6) is 0 Å². The molecule has 1 aliphatic heterocycles. The zero-order valence-electron chi connectivity index (χ0n) is 17.1. The van der Waals surface area contributed by atoms with Crippen LogP contribution in [0, 0.1) is 6.92 Å². The average Bonchev–Trinajstić information content (AvgIpc) is 3.24. The van der Waals surface area contributed by atoms with Crippen LogP contribution < -0.4 is 10.3 Å². The summed E-state index contributed by atoms with van der Waals surface area (Å²) < 4.78 is 7.41. The molecule has 0 spiro atoms. The molecule has 0 unspecified atom stereocenters. The number of anilines is 2. The average molecular weight is 414 g/mol. The van der Waals surface area contributed by atoms with E-state index >= 15 is 0 Å². The van der Waals surface area contributed by atoms with Gasteiger partial charge in [-0.05, 0) is 24.6 Å². The van der Waals surface area contributed by atoms with Gasteiger partial charge in [0.25, 0.3) is 0 Å². The molecule has 9 nitrogen and oxygen atoms in total. The Morgan fingerprint density at radius 3 is 2.74 bits per heavy atom. The van der Waals surface area contributed by atoms with E-state index in [1.165, 1.54) is 5.56 Å². The van der Waals surface area contributed by atoms with Crippen molar-refractivity contribution < 1.29 is 4.74 Å². The number of hydrogen-bond acceptors (Lipinski definition) is 8. The van der Waals surface area contributed by atoms with Crippen molar-refractivity contribution in [2.45, 2.75) is 6.92 Å². The Balaban J connectivity index is 1.54. The first-order chi connectivity index (χ1) is 15.3. The molecule has 0 amide bonds. The highest BCUT2D eigenvalue weighted by atomic mass is 16.5. The third-order valence-corrected chi connectivity index (χ3v) is 5.05. The van der Waals surface area contributed by atoms with Crippen molar-refractivity contribution in [3.63, 3.8) is 0 Å². The number of nitrogens with one attached hydrogen (secondary N) is 1. The predicted molar refractivity (Wildman–Crippen MR) is 120 cm³/mol. The van der Waals surface area contributed by atoms with Crippen LogP contribution in [0.1, 0.15) is 11.1 Å². The highest BCUT2D eigenvalue weighted by molar-refractivity contribution is 5.87. The normalized spacial score (nSPS) is 14.4. The van der Waals surface area contributed by atoms with Crippen molar-refractivity contribution in [1.82, 2.24) is 24.5 Å². The molecule has 0 bridgehead atoms. The van der Waals surface area contributed by atoms with Crippen molar-refractivity contribution in [2.75, 3.05) is 36.6 Å². The fourth-order valence-electron chi connectivity index (χ4n) is 3.48. The maximum absolute atomic E-state index is 5.48. The van der Waals surface area contributed by atoms with E-state index in [0.29, 0.717) is 36.1 Å². The minimum absolute atomic E-state index is 0.559. The van der Waals surface area contributed by atoms with Crippen LogP contribution in [0.3, 0.4) is 0 Å². The van der Waals surface area contributed by atoms with Crippen LogP contribution >= 0.6 is 0 Å². The second-order valence-electron chi connectivity index (χ2n) is 7.25. The quantitative estimate of drug-likeness (QED) is 0.396. The van der Waals surface area contributed by atoms with E-state index in [-0.39, 0.29) is 0 Å². The molecule has 31 heavy (non-hydrogen) atoms. The van der Waals surface area contributed by atoms with Gasteiger partial charge >= 0.3 is 0 Å². The zero-order valence-corrected chi connectivity index (χ0v) is 17.1. The molecule has 0 radical (unpaired) electrons. The van der Waals surface area contributed by atoms with Crippen molar-refractivity contribution in [2.24, 2.45) is 5.10 Å². The van der Waals surface area contributed by atoms with Gasteiger partial charge in [-0.2, -0.15) is 15.1 Å². The van der Waals surface area contributed by atoms with Gasteiger partial charge in [0, 0.05) is 25.5 Å². The summed E-state index contributed by atoms with van der Waals surface area (Å²) in [6, 6.07) is 12.0. The largest absolute Gasteiger partial charge is 0.378 e. The molecule has 1 saturated heterocycles. The number of aromatic nitrogens is 5. The van der Waals surface area contributed by atoms with Crippen LogP contribution in [-0.2, 0) is 4.74 Å². The fraction of sp³-hybridized carbons (Fsp3) is 0.227. The Kier molecular flexibility index (Phi) is 5.24. The van der Waals surface area contributed by atoms with Gasteiger partial charge in [-0.15, -0.1) is 0 Å². The summed E-state index contributed by atoms with van der Waals surface area (Å²) in [6.07, 6.45) is 7.01. The molecule has 1 aromatic carbocycles. The molecule has 1 aliphatic rings. The van der Waals surface area contributed by atoms with E-state index in [4.69, 9.17) is 14.7 Å². The minimum atomic E-state index is 0.559. The van der Waals surface area contributed by atoms with Gasteiger partial charge in [-0.1, -0.05) is 29.8 Å². The summed E-state index contributed by atoms with van der Waals surface area (Å²) in [5, 5.41) is 4.40. The maximum Gasteiger partial charge on any atom is 0.229 e. The first-order valence-corrected chi connectivity index (χ1v) is 10.1. The molecule has 5 rings (SSSR count). The van der Waals surface area contributed by atoms with Crippen LogP contribution in [0.2, 0.25) is 0 Å². The van der Waals surface area contributed by atoms with Crippen LogP contribution in [0.4, 0.5) is 11.8 Å². The second kappa shape index (κ2) is 8.49. The van der Waals surface area contributed by atoms with E-state index in [0.717, 1.165) is 24.3 Å². The number of rotatable bonds is 5. The van der Waals surface area contributed by atoms with E-state index in [9.17, 15) is 0 Å². The highest BCUT2D eigenvalue weighted by Crippen LogP contribution is 2.25. The van der Waals surface area contributed by atoms with Gasteiger partial charge in [0.15, 0.2) is 17.0 Å². The van der Waals surface area contributed by atoms with Gasteiger partial charge in [0.05, 0.1) is 25.1 Å². The Labute approximate surface area is 179 Å². The summed E-state index contributed by atoms with van der Waals surface area (Å²) in [7, 11) is 0. The standard InChI is InChI=1S/C22H22N8O/c1-16-3-2-4-17(13-16)14-25-28-20-19-21(27-22(26-20)29-9-11-31-12-10-29)30(15-24-19)18-5-7-23-8-6-18/h2-8,13-15H,9-12H2,1H3,(H,26,27,28)/b25-14-. The molecule has 4 aromatic rings. The number of pyridine rings is 1. The van der Waals surface area contributed by atoms with Gasteiger partial charge in [0.1, 0.15) is 6.33 Å². The zero-order chi connectivity index (χ0) is 21.0. The Bertz CT molecular complexity index is 1210. The fourth-order valence-corrected chi connectivity index (χ4v) is 3.48. The molecule has 1 N–H and O–H groups in total. The first-order valence-electron chi connectivity index (χ1n) is 10.1. The molecular formula is C22H22N8O. The number of nitrogens with zero attached hydrogens (tertiary/aromatic N) is 7. The number of ether oxygens (including phenoxy) is 1. The number of hydrogen-bond donors (Lipinski definition) is 1. The lowest BCUT2D eigenvalue weighted by Crippen LogP contribution is -2.37. The molecule has 1 fully saturated rings. The Hall–Kier alpha value is -3.85. The van der Waals surface area contributed by atoms with Crippen molar-refractivity contribution in [1.29, 1.82) is 0 Å². The smallest absolute Gasteiger partial charge is 0.229 e. The Morgan fingerprint density at radius 2 is 1.94 bits per heavy atom. The highest BCUT2D eigenvalue weighted by Gasteiger charge is 2.19. The number of benzene rings is 1. The number of fused-ring (bicyclic) bond motifs is 1. The summed E-state index contributed by atoms with van der Waals surface area (Å²) in [5.74, 6) is 1.18. The van der Waals surface area contributed by atoms with Crippen molar-refractivity contribution in [3.8, 4) is 5.69 Å². The number of aryl methyl sites for hydroxylation is 1. The third kappa shape index (κ3) is 4.08. The van der Waals surface area contributed by atoms with Crippen LogP contribution in [0.15, 0.2) is 60.2 Å². The monoisotopic (exact) mass is 414 g/mol. The molecule has 3 aromatic heterocycles. The van der Waals surface area contributed by atoms with Crippen LogP contribution in [-0.4, -0.2) is 57.0 Å². The predicted octanol–water partition coefficient (Wildman–Crippen LogP) is 2.80. The summed E-state index contributed by atoms with van der Waals surface area (Å²) >= 11 is 0. The minimum Gasteiger partial charge on any atom is -0.378 e. The number of hydrazone groups is 1. The molecule has 156 valence electrons. The molecule has 0 atom stereocenters. The SMILES string of the molecule is Cc1cccc(/C=N\Nc2nc(N3CCOCC3)nc3c2ncn3-c2ccncc2)c1. The molecule has 0 saturated carbocycles. The summed E-state index contributed by atoms with van der Waals surface area (Å²) in [5.41, 5.74) is 7.54. The van der Waals surface area contributed by atoms with Crippen molar-refractivity contribution in [3.05, 3.63) is 66.2 Å². The first kappa shape index (κ1) is 19.1. The summed E-state index contributed by atoms with van der Waals surface area (Å²) in [4.78, 5) is 20.3. The van der Waals surface area contributed by atoms with E-state index in [1.807, 2.05) is 28.8 Å². The second-order valence-corrected chi connectivity index (χ2v) is 7.25. The van der Waals surface area contributed by atoms with Gasteiger partial charge in [-0.3, -0.25) is 15.0 Å². The molecular weight excluding hydrogens is 392 g/mol. The van der Waals surface area contributed by atoms with Gasteiger partial charge in [0.2, 0.25) is 5.95 Å². The summed E-state index contributed by atoms with van der Waals surface area (Å²) in [6.45, 7) is 4.83. The van der Waals surface area contributed by atoms with E-state index in [2.05, 4.69) is 44.5 Å². The third-order valence-electron chi connectivity index (χ3n) is 5.05. The number of morpholine rings is 1. The Morgan fingerprint density at radius 1 is 1.10 bits per heavy atom. The van der Waals surface area contributed by atoms with Gasteiger partial charge < -0.3 is 9.64 Å². The topological polar surface area (TPSA) is 93.4 Å². The molecule has 4 heterocycles. The van der Waals surface area contributed by atoms with Crippen LogP contribution in [0.25, 0.3) is 16.9 Å². The van der Waals surface area contributed by atoms with Gasteiger partial charge in [-0.25, -0.2) is 4.98 Å².